The molecule has 1 amide bonds. The van der Waals surface area contributed by atoms with Crippen molar-refractivity contribution in [2.75, 3.05) is 41.3 Å². The SMILES string of the molecule is CC[C@H]1OC(=O)C(C)C(=O)[C@H](C)[C@@H](OC2OC(CNC)CC(N(C)C)C2O)[C@](C)(OC)C[C@@H](C)CN[C@H](C)[C@H]2NC(=O)O[C@@]21CC. The highest BCUT2D eigenvalue weighted by Gasteiger charge is 2.57. The number of aliphatic hydroxyl groups excluding tert-OH is 1. The van der Waals surface area contributed by atoms with Gasteiger partial charge in [-0.1, -0.05) is 27.7 Å². The highest BCUT2D eigenvalue weighted by Crippen LogP contribution is 2.38. The van der Waals surface area contributed by atoms with E-state index in [-0.39, 0.29) is 29.9 Å². The molecule has 266 valence electrons. The normalized spacial score (nSPS) is 43.2. The summed E-state index contributed by atoms with van der Waals surface area (Å²) >= 11 is 0. The third-order valence-electron chi connectivity index (χ3n) is 10.5. The average molecular weight is 657 g/mol. The first kappa shape index (κ1) is 38.6. The van der Waals surface area contributed by atoms with Crippen molar-refractivity contribution in [1.29, 1.82) is 0 Å². The van der Waals surface area contributed by atoms with Crippen LogP contribution < -0.4 is 16.0 Å². The first-order chi connectivity index (χ1) is 21.6. The number of methoxy groups -OCH3 is 1. The van der Waals surface area contributed by atoms with Gasteiger partial charge in [-0.05, 0) is 80.1 Å². The van der Waals surface area contributed by atoms with E-state index >= 15 is 0 Å². The number of esters is 1. The number of hydrogen-bond acceptors (Lipinski definition) is 12. The number of rotatable bonds is 8. The Balaban J connectivity index is 2.04. The van der Waals surface area contributed by atoms with Crippen LogP contribution in [0.2, 0.25) is 0 Å². The molecule has 3 fully saturated rings. The molecule has 0 radical (unpaired) electrons. The Morgan fingerprint density at radius 3 is 2.37 bits per heavy atom. The molecule has 0 aliphatic carbocycles. The Kier molecular flexibility index (Phi) is 13.4. The largest absolute Gasteiger partial charge is 0.457 e. The average Bonchev–Trinajstić information content (AvgIpc) is 3.37. The number of alkyl carbamates (subject to hydrolysis) is 1. The van der Waals surface area contributed by atoms with Crippen molar-refractivity contribution in [1.82, 2.24) is 20.9 Å². The van der Waals surface area contributed by atoms with Gasteiger partial charge in [0.25, 0.3) is 0 Å². The van der Waals surface area contributed by atoms with Crippen LogP contribution in [0.5, 0.6) is 0 Å². The molecule has 0 aromatic carbocycles. The number of nitrogens with one attached hydrogen (secondary N) is 3. The molecule has 3 heterocycles. The molecule has 5 unspecified atom stereocenters. The van der Waals surface area contributed by atoms with E-state index < -0.39 is 65.7 Å². The maximum atomic E-state index is 14.2. The highest BCUT2D eigenvalue weighted by molar-refractivity contribution is 6.00. The number of fused-ring (bicyclic) bond motifs is 1. The van der Waals surface area contributed by atoms with Gasteiger partial charge in [-0.15, -0.1) is 0 Å². The zero-order valence-electron chi connectivity index (χ0n) is 29.8. The smallest absolute Gasteiger partial charge is 0.408 e. The van der Waals surface area contributed by atoms with Crippen molar-refractivity contribution in [2.45, 2.75) is 134 Å². The summed E-state index contributed by atoms with van der Waals surface area (Å²) in [6.45, 7) is 14.1. The molecule has 4 N–H and O–H groups in total. The third-order valence-corrected chi connectivity index (χ3v) is 10.5. The van der Waals surface area contributed by atoms with Gasteiger partial charge < -0.3 is 49.6 Å². The second-order valence-electron chi connectivity index (χ2n) is 14.1. The Labute approximate surface area is 275 Å². The molecule has 13 nitrogen and oxygen atoms in total. The van der Waals surface area contributed by atoms with Gasteiger partial charge in [-0.2, -0.15) is 0 Å². The minimum atomic E-state index is -1.14. The Morgan fingerprint density at radius 1 is 1.13 bits per heavy atom. The van der Waals surface area contributed by atoms with E-state index in [1.807, 2.05) is 53.7 Å². The molecule has 3 saturated heterocycles. The van der Waals surface area contributed by atoms with E-state index in [4.69, 9.17) is 23.7 Å². The summed E-state index contributed by atoms with van der Waals surface area (Å²) in [5.74, 6) is -3.03. The number of likely N-dealkylation sites (N-methyl/N-ethyl adjacent to an activating group) is 2. The van der Waals surface area contributed by atoms with E-state index in [0.717, 1.165) is 0 Å². The Bertz CT molecular complexity index is 1050. The molecule has 0 saturated carbocycles. The number of aliphatic hydroxyl groups is 1. The second kappa shape index (κ2) is 16.0. The van der Waals surface area contributed by atoms with Gasteiger partial charge >= 0.3 is 12.1 Å². The summed E-state index contributed by atoms with van der Waals surface area (Å²) < 4.78 is 31.1. The van der Waals surface area contributed by atoms with Crippen molar-refractivity contribution in [3.63, 3.8) is 0 Å². The number of nitrogens with zero attached hydrogens (tertiary/aromatic N) is 1. The van der Waals surface area contributed by atoms with E-state index in [1.165, 1.54) is 6.92 Å². The molecule has 3 aliphatic rings. The van der Waals surface area contributed by atoms with Crippen LogP contribution in [0, 0.1) is 17.8 Å². The van der Waals surface area contributed by atoms with Crippen molar-refractivity contribution < 1.29 is 43.2 Å². The number of Topliss-reactive ketones (excluding diaryl/α,β-unsaturated/α-hetero) is 1. The van der Waals surface area contributed by atoms with Crippen LogP contribution >= 0.6 is 0 Å². The minimum Gasteiger partial charge on any atom is -0.457 e. The predicted octanol–water partition coefficient (Wildman–Crippen LogP) is 1.84. The molecular weight excluding hydrogens is 596 g/mol. The fraction of sp³-hybridized carbons (Fsp3) is 0.909. The second-order valence-corrected chi connectivity index (χ2v) is 14.1. The number of amides is 1. The molecule has 0 spiro atoms. The van der Waals surface area contributed by atoms with Crippen molar-refractivity contribution in [3.8, 4) is 0 Å². The van der Waals surface area contributed by atoms with Gasteiger partial charge in [0.1, 0.15) is 18.1 Å². The number of carbonyl (C=O) groups excluding carboxylic acids is 3. The lowest BCUT2D eigenvalue weighted by Crippen LogP contribution is -2.61. The van der Waals surface area contributed by atoms with E-state index in [9.17, 15) is 19.5 Å². The summed E-state index contributed by atoms with van der Waals surface area (Å²) in [5.41, 5.74) is -2.13. The lowest BCUT2D eigenvalue weighted by atomic mass is 9.78. The van der Waals surface area contributed by atoms with Crippen LogP contribution in [0.15, 0.2) is 0 Å². The molecule has 0 aromatic rings. The zero-order chi connectivity index (χ0) is 34.6. The van der Waals surface area contributed by atoms with Crippen LogP contribution in [-0.4, -0.2) is 129 Å². The number of ether oxygens (including phenoxy) is 5. The third kappa shape index (κ3) is 8.04. The van der Waals surface area contributed by atoms with Crippen LogP contribution in [-0.2, 0) is 33.3 Å². The Morgan fingerprint density at radius 2 is 1.80 bits per heavy atom. The standard InChI is InChI=1S/C33H60N4O9/c1-12-24-33(13-2)27(36-31(41)46-33)21(6)35-16-18(3)15-32(7,42-11)28(19(4)25(38)20(5)29(40)44-24)45-30-26(39)23(37(9)10)14-22(43-30)17-34-8/h18-24,26-28,30,34-35,39H,12-17H2,1-11H3,(H,36,41)/t18-,19+,20?,21-,22?,23?,24-,26?,27-,28-,30?,32-,33-/m1/s1. The van der Waals surface area contributed by atoms with Crippen molar-refractivity contribution in [2.24, 2.45) is 17.8 Å². The number of carbonyl (C=O) groups is 3. The quantitative estimate of drug-likeness (QED) is 0.222. The molecule has 46 heavy (non-hydrogen) atoms. The Hall–Kier alpha value is -1.87. The number of ketones is 1. The first-order valence-corrected chi connectivity index (χ1v) is 16.9. The van der Waals surface area contributed by atoms with Gasteiger partial charge in [-0.3, -0.25) is 9.59 Å². The monoisotopic (exact) mass is 656 g/mol. The molecule has 0 bridgehead atoms. The van der Waals surface area contributed by atoms with E-state index in [1.54, 1.807) is 14.0 Å². The lowest BCUT2D eigenvalue weighted by Gasteiger charge is -2.47. The molecule has 13 heteroatoms. The van der Waals surface area contributed by atoms with Crippen LogP contribution in [0.25, 0.3) is 0 Å². The van der Waals surface area contributed by atoms with Gasteiger partial charge in [0.15, 0.2) is 17.7 Å². The summed E-state index contributed by atoms with van der Waals surface area (Å²) in [5, 5.41) is 21.1. The topological polar surface area (TPSA) is 157 Å². The van der Waals surface area contributed by atoms with Gasteiger partial charge in [0, 0.05) is 31.7 Å². The summed E-state index contributed by atoms with van der Waals surface area (Å²) in [7, 11) is 7.23. The lowest BCUT2D eigenvalue weighted by molar-refractivity contribution is -0.296. The number of hydrogen-bond donors (Lipinski definition) is 4. The van der Waals surface area contributed by atoms with Crippen LogP contribution in [0.3, 0.4) is 0 Å². The van der Waals surface area contributed by atoms with Crippen molar-refractivity contribution in [3.05, 3.63) is 0 Å². The van der Waals surface area contributed by atoms with E-state index in [2.05, 4.69) is 22.9 Å². The molecule has 13 atom stereocenters. The molecular formula is C33H60N4O9. The van der Waals surface area contributed by atoms with Gasteiger partial charge in [-0.25, -0.2) is 4.79 Å². The van der Waals surface area contributed by atoms with Crippen molar-refractivity contribution >= 4 is 17.8 Å². The summed E-state index contributed by atoms with van der Waals surface area (Å²) in [4.78, 5) is 42.4. The fourth-order valence-corrected chi connectivity index (χ4v) is 7.70. The zero-order valence-corrected chi connectivity index (χ0v) is 29.8. The predicted molar refractivity (Wildman–Crippen MR) is 172 cm³/mol. The summed E-state index contributed by atoms with van der Waals surface area (Å²) in [6, 6.07) is -0.949. The molecule has 3 aliphatic heterocycles. The maximum Gasteiger partial charge on any atom is 0.408 e. The highest BCUT2D eigenvalue weighted by atomic mass is 16.7. The summed E-state index contributed by atoms with van der Waals surface area (Å²) in [6.07, 6.45) is -2.61. The minimum absolute atomic E-state index is 0.0287. The van der Waals surface area contributed by atoms with Gasteiger partial charge in [0.05, 0.1) is 23.9 Å². The fourth-order valence-electron chi connectivity index (χ4n) is 7.70. The first-order valence-electron chi connectivity index (χ1n) is 16.9. The number of cyclic esters (lactones) is 1. The van der Waals surface area contributed by atoms with Crippen LogP contribution in [0.4, 0.5) is 4.79 Å². The van der Waals surface area contributed by atoms with Crippen LogP contribution in [0.1, 0.15) is 74.1 Å². The van der Waals surface area contributed by atoms with E-state index in [0.29, 0.717) is 38.8 Å². The molecule has 0 aromatic heterocycles. The maximum absolute atomic E-state index is 14.2. The van der Waals surface area contributed by atoms with Gasteiger partial charge in [0.2, 0.25) is 0 Å². The molecule has 3 rings (SSSR count).